The molecule has 0 radical (unpaired) electrons. The predicted molar refractivity (Wildman–Crippen MR) is 176 cm³/mol. The van der Waals surface area contributed by atoms with Crippen molar-refractivity contribution in [1.82, 2.24) is 14.3 Å². The first kappa shape index (κ1) is 31.8. The maximum Gasteiger partial charge on any atom is 0.338 e. The average molecular weight is 666 g/mol. The first-order chi connectivity index (χ1) is 23.1. The fourth-order valence-electron chi connectivity index (χ4n) is 5.44. The van der Waals surface area contributed by atoms with Crippen molar-refractivity contribution in [2.45, 2.75) is 19.9 Å². The lowest BCUT2D eigenvalue weighted by molar-refractivity contribution is -0.384. The number of carbonyl (C=O) groups is 2. The van der Waals surface area contributed by atoms with E-state index in [0.29, 0.717) is 32.9 Å². The van der Waals surface area contributed by atoms with Gasteiger partial charge >= 0.3 is 11.9 Å². The SMILES string of the molecule is COC(=O)C1=C(C)N=c2s/c(=C/c3cn(-c4ccccc4)nc3-c3cccc([N+](=O)[O-])c3)c(=O)n2C1c1ccc(OC(C)=O)c(OC)c1. The molecular weight excluding hydrogens is 638 g/mol. The van der Waals surface area contributed by atoms with Gasteiger partial charge in [-0.15, -0.1) is 0 Å². The second kappa shape index (κ2) is 12.9. The van der Waals surface area contributed by atoms with E-state index in [2.05, 4.69) is 4.99 Å². The van der Waals surface area contributed by atoms with E-state index in [0.717, 1.165) is 17.0 Å². The zero-order chi connectivity index (χ0) is 34.1. The van der Waals surface area contributed by atoms with Gasteiger partial charge in [0.05, 0.1) is 46.7 Å². The van der Waals surface area contributed by atoms with Crippen LogP contribution in [0.15, 0.2) is 100 Å². The number of hydrogen-bond acceptors (Lipinski definition) is 11. The van der Waals surface area contributed by atoms with Crippen molar-refractivity contribution in [3.05, 3.63) is 131 Å². The number of thiazole rings is 1. The van der Waals surface area contributed by atoms with E-state index in [9.17, 15) is 24.5 Å². The maximum absolute atomic E-state index is 14.3. The minimum atomic E-state index is -0.959. The highest BCUT2D eigenvalue weighted by Crippen LogP contribution is 2.36. The summed E-state index contributed by atoms with van der Waals surface area (Å²) in [5, 5.41) is 16.3. The Balaban J connectivity index is 1.57. The number of esters is 2. The molecule has 48 heavy (non-hydrogen) atoms. The van der Waals surface area contributed by atoms with Crippen LogP contribution in [0.25, 0.3) is 23.0 Å². The number of hydrogen-bond donors (Lipinski definition) is 0. The highest BCUT2D eigenvalue weighted by molar-refractivity contribution is 7.07. The first-order valence-corrected chi connectivity index (χ1v) is 15.3. The van der Waals surface area contributed by atoms with Crippen LogP contribution < -0.4 is 24.4 Å². The number of non-ortho nitro benzene ring substituents is 1. The van der Waals surface area contributed by atoms with E-state index < -0.39 is 28.5 Å². The Bertz CT molecular complexity index is 2320. The lowest BCUT2D eigenvalue weighted by Gasteiger charge is -2.25. The molecule has 2 aromatic heterocycles. The summed E-state index contributed by atoms with van der Waals surface area (Å²) in [5.41, 5.74) is 2.62. The molecule has 1 aliphatic rings. The molecule has 1 atom stereocenters. The van der Waals surface area contributed by atoms with Crippen LogP contribution in [-0.4, -0.2) is 45.4 Å². The maximum atomic E-state index is 14.3. The van der Waals surface area contributed by atoms with E-state index in [1.165, 1.54) is 43.9 Å². The molecule has 0 spiro atoms. The Hall–Kier alpha value is -6.15. The van der Waals surface area contributed by atoms with E-state index in [4.69, 9.17) is 19.3 Å². The number of methoxy groups -OCH3 is 2. The number of allylic oxidation sites excluding steroid dienone is 1. The smallest absolute Gasteiger partial charge is 0.338 e. The van der Waals surface area contributed by atoms with Crippen molar-refractivity contribution in [2.24, 2.45) is 4.99 Å². The molecule has 242 valence electrons. The van der Waals surface area contributed by atoms with Crippen molar-refractivity contribution in [3.8, 4) is 28.4 Å². The summed E-state index contributed by atoms with van der Waals surface area (Å²) in [7, 11) is 2.66. The van der Waals surface area contributed by atoms with Crippen LogP contribution in [-0.2, 0) is 14.3 Å². The van der Waals surface area contributed by atoms with Crippen molar-refractivity contribution in [1.29, 1.82) is 0 Å². The van der Waals surface area contributed by atoms with Crippen molar-refractivity contribution in [2.75, 3.05) is 14.2 Å². The third-order valence-electron chi connectivity index (χ3n) is 7.56. The average Bonchev–Trinajstić information content (AvgIpc) is 3.64. The molecule has 3 aromatic carbocycles. The van der Waals surface area contributed by atoms with Gasteiger partial charge in [0.2, 0.25) is 0 Å². The minimum absolute atomic E-state index is 0.104. The number of benzene rings is 3. The van der Waals surface area contributed by atoms with E-state index in [1.807, 2.05) is 30.3 Å². The normalized spacial score (nSPS) is 14.2. The van der Waals surface area contributed by atoms with Gasteiger partial charge in [-0.1, -0.05) is 47.7 Å². The van der Waals surface area contributed by atoms with Gasteiger partial charge in [-0.25, -0.2) is 14.5 Å². The number of nitrogens with zero attached hydrogens (tertiary/aromatic N) is 5. The summed E-state index contributed by atoms with van der Waals surface area (Å²) < 4.78 is 19.2. The molecule has 0 bridgehead atoms. The zero-order valence-corrected chi connectivity index (χ0v) is 26.9. The first-order valence-electron chi connectivity index (χ1n) is 14.5. The van der Waals surface area contributed by atoms with Gasteiger partial charge in [-0.05, 0) is 42.8 Å². The summed E-state index contributed by atoms with van der Waals surface area (Å²) in [6.07, 6.45) is 3.39. The van der Waals surface area contributed by atoms with Crippen molar-refractivity contribution in [3.63, 3.8) is 0 Å². The van der Waals surface area contributed by atoms with Gasteiger partial charge in [-0.3, -0.25) is 24.3 Å². The number of aromatic nitrogens is 3. The Kier molecular flexibility index (Phi) is 8.57. The van der Waals surface area contributed by atoms with E-state index >= 15 is 0 Å². The predicted octanol–water partition coefficient (Wildman–Crippen LogP) is 4.10. The molecule has 0 N–H and O–H groups in total. The molecule has 3 heterocycles. The molecule has 1 unspecified atom stereocenters. The highest BCUT2D eigenvalue weighted by Gasteiger charge is 2.34. The molecule has 1 aliphatic heterocycles. The standard InChI is InChI=1S/C34H27N5O8S/c1-19-29(33(42)46-4)31(22-13-14-26(47-20(2)40)27(16-22)45-3)38-32(41)28(48-34(38)35-19)17-23-18-37(24-10-6-5-7-11-24)36-30(23)21-9-8-12-25(15-21)39(43)44/h5-18,31H,1-4H3/b28-17+. The molecule has 6 rings (SSSR count). The Morgan fingerprint density at radius 1 is 1.02 bits per heavy atom. The molecule has 0 aliphatic carbocycles. The molecule has 0 fully saturated rings. The summed E-state index contributed by atoms with van der Waals surface area (Å²) in [5.74, 6) is -0.819. The number of para-hydroxylation sites is 1. The van der Waals surface area contributed by atoms with E-state index in [1.54, 1.807) is 48.1 Å². The largest absolute Gasteiger partial charge is 0.493 e. The third-order valence-corrected chi connectivity index (χ3v) is 8.55. The molecule has 0 saturated heterocycles. The molecule has 0 saturated carbocycles. The quantitative estimate of drug-likeness (QED) is 0.103. The van der Waals surface area contributed by atoms with E-state index in [-0.39, 0.29) is 27.3 Å². The zero-order valence-electron chi connectivity index (χ0n) is 26.1. The molecule has 5 aromatic rings. The second-order valence-electron chi connectivity index (χ2n) is 10.6. The molecular formula is C34H27N5O8S. The number of ether oxygens (including phenoxy) is 3. The van der Waals surface area contributed by atoms with Crippen LogP contribution in [0.4, 0.5) is 5.69 Å². The molecule has 14 heteroatoms. The van der Waals surface area contributed by atoms with Crippen LogP contribution in [0, 0.1) is 10.1 Å². The second-order valence-corrected chi connectivity index (χ2v) is 11.6. The fourth-order valence-corrected chi connectivity index (χ4v) is 6.48. The molecule has 0 amide bonds. The van der Waals surface area contributed by atoms with Crippen molar-refractivity contribution < 1.29 is 28.7 Å². The fraction of sp³-hybridized carbons (Fsp3) is 0.147. The van der Waals surface area contributed by atoms with Crippen LogP contribution in [0.1, 0.15) is 31.0 Å². The lowest BCUT2D eigenvalue weighted by Crippen LogP contribution is -2.39. The van der Waals surface area contributed by atoms with Crippen LogP contribution >= 0.6 is 11.3 Å². The van der Waals surface area contributed by atoms with Crippen molar-refractivity contribution >= 4 is 35.0 Å². The number of nitro benzene ring substituents is 1. The highest BCUT2D eigenvalue weighted by atomic mass is 32.1. The Morgan fingerprint density at radius 3 is 2.48 bits per heavy atom. The number of nitro groups is 1. The monoisotopic (exact) mass is 665 g/mol. The van der Waals surface area contributed by atoms with Gasteiger partial charge in [0, 0.05) is 36.4 Å². The summed E-state index contributed by atoms with van der Waals surface area (Å²) in [6, 6.07) is 19.2. The van der Waals surface area contributed by atoms with Gasteiger partial charge in [0.1, 0.15) is 5.69 Å². The van der Waals surface area contributed by atoms with Gasteiger partial charge < -0.3 is 14.2 Å². The van der Waals surface area contributed by atoms with Gasteiger partial charge in [0.15, 0.2) is 16.3 Å². The Labute approximate surface area is 276 Å². The number of carbonyl (C=O) groups excluding carboxylic acids is 2. The summed E-state index contributed by atoms with van der Waals surface area (Å²) in [4.78, 5) is 55.1. The molecule has 13 nitrogen and oxygen atoms in total. The van der Waals surface area contributed by atoms with Crippen LogP contribution in [0.3, 0.4) is 0 Å². The Morgan fingerprint density at radius 2 is 1.79 bits per heavy atom. The van der Waals surface area contributed by atoms with Gasteiger partial charge in [0.25, 0.3) is 11.2 Å². The summed E-state index contributed by atoms with van der Waals surface area (Å²) >= 11 is 1.11. The number of rotatable bonds is 8. The third kappa shape index (κ3) is 5.91. The lowest BCUT2D eigenvalue weighted by atomic mass is 9.95. The van der Waals surface area contributed by atoms with Crippen LogP contribution in [0.5, 0.6) is 11.5 Å². The number of fused-ring (bicyclic) bond motifs is 1. The minimum Gasteiger partial charge on any atom is -0.493 e. The summed E-state index contributed by atoms with van der Waals surface area (Å²) in [6.45, 7) is 2.92. The van der Waals surface area contributed by atoms with Gasteiger partial charge in [-0.2, -0.15) is 5.10 Å². The van der Waals surface area contributed by atoms with Crippen LogP contribution in [0.2, 0.25) is 0 Å². The topological polar surface area (TPSA) is 157 Å².